The fraction of sp³-hybridized carbons (Fsp3) is 0.882. The monoisotopic (exact) mass is 751 g/mol. The van der Waals surface area contributed by atoms with Gasteiger partial charge in [-0.3, -0.25) is 9.59 Å². The summed E-state index contributed by atoms with van der Waals surface area (Å²) in [6, 6.07) is 0. The molecule has 0 aliphatic heterocycles. The number of aliphatic hydroxyl groups excluding tert-OH is 1. The molecule has 1 radical (unpaired) electrons. The van der Waals surface area contributed by atoms with E-state index in [-0.39, 0.29) is 62.0 Å². The topological polar surface area (TPSA) is 186 Å². The standard InChI is InChI=1S/C21H40O4.C7H16O.C6H10O6.H3OP.V/c1-5-12-18(13-6-2)24-20(22)16-10-9-11-17-21(23)25-19(14-7-3)15-8-4;1-3-5-7(8)6-4-2;7-5(8)3-11-1-2-12-4-6(9)10;1-2;/h18-19H,5-17H2,1-4H3;7-8H,3-6H2,1-2H3;1-4H2,(H,7,8)(H,9,10);1H,2H2;. The molecule has 0 bridgehead atoms. The Hall–Kier alpha value is -1.27. The summed E-state index contributed by atoms with van der Waals surface area (Å²) in [5, 5.41) is 25.2. The summed E-state index contributed by atoms with van der Waals surface area (Å²) >= 11 is 0. The van der Waals surface area contributed by atoms with Crippen molar-refractivity contribution in [1.82, 2.24) is 0 Å². The molecule has 0 spiro atoms. The number of rotatable bonds is 27. The average Bonchev–Trinajstić information content (AvgIpc) is 3.01. The van der Waals surface area contributed by atoms with Crippen molar-refractivity contribution in [3.05, 3.63) is 0 Å². The van der Waals surface area contributed by atoms with E-state index in [1.165, 1.54) is 9.47 Å². The van der Waals surface area contributed by atoms with Crippen LogP contribution < -0.4 is 0 Å². The molecule has 0 aliphatic carbocycles. The molecule has 0 aromatic rings. The number of esters is 2. The first-order chi connectivity index (χ1) is 22.5. The first-order valence-corrected chi connectivity index (χ1v) is 17.9. The number of carbonyl (C=O) groups excluding carboxylic acids is 2. The summed E-state index contributed by atoms with van der Waals surface area (Å²) in [5.41, 5.74) is 0. The van der Waals surface area contributed by atoms with Gasteiger partial charge < -0.3 is 39.2 Å². The normalized spacial score (nSPS) is 10.1. The predicted molar refractivity (Wildman–Crippen MR) is 187 cm³/mol. The Balaban J connectivity index is -0.000000222. The molecule has 48 heavy (non-hydrogen) atoms. The Morgan fingerprint density at radius 2 is 0.833 bits per heavy atom. The van der Waals surface area contributed by atoms with Crippen molar-refractivity contribution in [1.29, 1.82) is 0 Å². The van der Waals surface area contributed by atoms with Crippen LogP contribution in [-0.4, -0.2) is 88.8 Å². The minimum absolute atomic E-state index is 0. The molecule has 0 aromatic carbocycles. The number of hydrogen-bond donors (Lipinski definition) is 4. The first-order valence-electron chi connectivity index (χ1n) is 17.4. The maximum atomic E-state index is 11.9. The molecule has 0 aromatic heterocycles. The van der Waals surface area contributed by atoms with Crippen LogP contribution in [0.25, 0.3) is 0 Å². The Morgan fingerprint density at radius 1 is 0.542 bits per heavy atom. The van der Waals surface area contributed by atoms with E-state index in [1.54, 1.807) is 0 Å². The Labute approximate surface area is 305 Å². The summed E-state index contributed by atoms with van der Waals surface area (Å²) in [7, 11) is 1.42. The van der Waals surface area contributed by atoms with E-state index in [2.05, 4.69) is 51.0 Å². The van der Waals surface area contributed by atoms with Gasteiger partial charge in [-0.15, -0.1) is 0 Å². The van der Waals surface area contributed by atoms with Crippen molar-refractivity contribution in [3.63, 3.8) is 0 Å². The van der Waals surface area contributed by atoms with E-state index >= 15 is 0 Å². The van der Waals surface area contributed by atoms with Crippen LogP contribution in [0.4, 0.5) is 0 Å². The van der Waals surface area contributed by atoms with Gasteiger partial charge in [-0.25, -0.2) is 9.59 Å². The smallest absolute Gasteiger partial charge is 0.329 e. The molecule has 4 N–H and O–H groups in total. The summed E-state index contributed by atoms with van der Waals surface area (Å²) in [5.74, 6) is -2.32. The molecule has 287 valence electrons. The molecule has 0 amide bonds. The number of carbonyl (C=O) groups is 4. The van der Waals surface area contributed by atoms with Gasteiger partial charge in [-0.1, -0.05) is 86.5 Å². The van der Waals surface area contributed by atoms with Crippen molar-refractivity contribution in [2.75, 3.05) is 26.4 Å². The molecular weight excluding hydrogens is 682 g/mol. The van der Waals surface area contributed by atoms with Gasteiger partial charge in [0.15, 0.2) is 0 Å². The Kier molecular flexibility index (Phi) is 53.5. The van der Waals surface area contributed by atoms with Crippen LogP contribution in [0.1, 0.15) is 151 Å². The van der Waals surface area contributed by atoms with Gasteiger partial charge in [-0.2, -0.15) is 0 Å². The van der Waals surface area contributed by atoms with Crippen LogP contribution in [0.2, 0.25) is 0 Å². The Bertz CT molecular complexity index is 648. The van der Waals surface area contributed by atoms with Crippen LogP contribution >= 0.6 is 9.47 Å². The molecule has 0 rings (SSSR count). The number of aliphatic carboxylic acids is 2. The van der Waals surface area contributed by atoms with E-state index in [0.717, 1.165) is 96.3 Å². The number of aliphatic hydroxyl groups is 1. The van der Waals surface area contributed by atoms with Gasteiger partial charge in [0.25, 0.3) is 0 Å². The molecule has 1 atom stereocenters. The van der Waals surface area contributed by atoms with Crippen molar-refractivity contribution in [3.8, 4) is 0 Å². The van der Waals surface area contributed by atoms with Gasteiger partial charge in [0, 0.05) is 31.4 Å². The molecular formula is C34H69O12PV. The van der Waals surface area contributed by atoms with Crippen LogP contribution in [0.3, 0.4) is 0 Å². The van der Waals surface area contributed by atoms with Crippen LogP contribution in [0.15, 0.2) is 0 Å². The molecule has 1 unspecified atom stereocenters. The largest absolute Gasteiger partial charge is 0.480 e. The second kappa shape index (κ2) is 45.7. The van der Waals surface area contributed by atoms with Crippen molar-refractivity contribution >= 4 is 33.3 Å². The predicted octanol–water partition coefficient (Wildman–Crippen LogP) is 6.86. The van der Waals surface area contributed by atoms with E-state index in [4.69, 9.17) is 29.7 Å². The third-order valence-corrected chi connectivity index (χ3v) is 6.37. The minimum Gasteiger partial charge on any atom is -0.480 e. The molecule has 0 saturated carbocycles. The first kappa shape index (κ1) is 56.1. The second-order valence-electron chi connectivity index (χ2n) is 11.1. The summed E-state index contributed by atoms with van der Waals surface area (Å²) < 4.78 is 20.2. The molecule has 0 aliphatic rings. The van der Waals surface area contributed by atoms with E-state index in [9.17, 15) is 19.2 Å². The van der Waals surface area contributed by atoms with Gasteiger partial charge in [0.05, 0.1) is 19.3 Å². The van der Waals surface area contributed by atoms with Crippen LogP contribution in [0.5, 0.6) is 0 Å². The van der Waals surface area contributed by atoms with Crippen LogP contribution in [0, 0.1) is 0 Å². The third kappa shape index (κ3) is 49.1. The molecule has 0 fully saturated rings. The zero-order chi connectivity index (χ0) is 36.7. The number of carboxylic acid groups (broad SMARTS) is 2. The maximum Gasteiger partial charge on any atom is 0.329 e. The summed E-state index contributed by atoms with van der Waals surface area (Å²) in [6.45, 7) is 12.0. The maximum absolute atomic E-state index is 11.9. The quantitative estimate of drug-likeness (QED) is 0.0389. The fourth-order valence-electron chi connectivity index (χ4n) is 4.26. The summed E-state index contributed by atoms with van der Waals surface area (Å²) in [4.78, 5) is 50.4. The van der Waals surface area contributed by atoms with E-state index < -0.39 is 25.2 Å². The minimum atomic E-state index is -1.06. The second-order valence-corrected chi connectivity index (χ2v) is 11.1. The van der Waals surface area contributed by atoms with Crippen molar-refractivity contribution in [2.24, 2.45) is 0 Å². The number of ether oxygens (including phenoxy) is 4. The number of unbranched alkanes of at least 4 members (excludes halogenated alkanes) is 2. The zero-order valence-electron chi connectivity index (χ0n) is 30.7. The number of hydrogen-bond acceptors (Lipinski definition) is 10. The average molecular weight is 752 g/mol. The third-order valence-electron chi connectivity index (χ3n) is 6.37. The van der Waals surface area contributed by atoms with E-state index in [0.29, 0.717) is 12.8 Å². The fourth-order valence-corrected chi connectivity index (χ4v) is 4.26. The SMILES string of the molecule is CCCC(CCC)OC(=O)CCCCCC(=O)OC(CCC)CCC.CCCC(O)CCC.O=C(O)COCCOCC(=O)O.OP.[V]. The molecule has 12 nitrogen and oxygen atoms in total. The van der Waals surface area contributed by atoms with Gasteiger partial charge in [-0.05, 0) is 60.8 Å². The summed E-state index contributed by atoms with van der Waals surface area (Å²) in [6.07, 6.45) is 15.5. The van der Waals surface area contributed by atoms with Crippen molar-refractivity contribution < 1.29 is 76.9 Å². The number of carboxylic acids is 2. The van der Waals surface area contributed by atoms with Gasteiger partial charge >= 0.3 is 23.9 Å². The zero-order valence-corrected chi connectivity index (χ0v) is 33.2. The van der Waals surface area contributed by atoms with Gasteiger partial charge in [0.1, 0.15) is 25.4 Å². The van der Waals surface area contributed by atoms with Crippen LogP contribution in [-0.2, 0) is 56.7 Å². The molecule has 14 heteroatoms. The molecule has 0 heterocycles. The Morgan fingerprint density at radius 3 is 1.08 bits per heavy atom. The van der Waals surface area contributed by atoms with Crippen molar-refractivity contribution in [2.45, 2.75) is 169 Å². The molecule has 0 saturated heterocycles. The van der Waals surface area contributed by atoms with Gasteiger partial charge in [0.2, 0.25) is 0 Å². The van der Waals surface area contributed by atoms with E-state index in [1.807, 2.05) is 0 Å².